The molecule has 7 nitrogen and oxygen atoms in total. The molecule has 1 amide bonds. The average molecular weight is 300 g/mol. The van der Waals surface area contributed by atoms with Crippen LogP contribution in [0, 0.1) is 0 Å². The highest BCUT2D eigenvalue weighted by Gasteiger charge is 2.50. The SMILES string of the molecule is CNC(=O)[C@@]1(c2cnccn2)CCCN1Cc1nccn1C. The number of carbonyl (C=O) groups excluding carboxylic acids is 1. The first-order chi connectivity index (χ1) is 10.7. The highest BCUT2D eigenvalue weighted by atomic mass is 16.2. The molecule has 0 spiro atoms. The minimum absolute atomic E-state index is 0.0419. The van der Waals surface area contributed by atoms with E-state index in [1.807, 2.05) is 17.8 Å². The van der Waals surface area contributed by atoms with Crippen LogP contribution in [-0.2, 0) is 23.9 Å². The molecule has 0 aromatic carbocycles. The Morgan fingerprint density at radius 1 is 1.36 bits per heavy atom. The summed E-state index contributed by atoms with van der Waals surface area (Å²) in [6, 6.07) is 0. The summed E-state index contributed by atoms with van der Waals surface area (Å²) in [5, 5.41) is 2.79. The van der Waals surface area contributed by atoms with Gasteiger partial charge in [0.1, 0.15) is 11.4 Å². The smallest absolute Gasteiger partial charge is 0.246 e. The third kappa shape index (κ3) is 2.27. The summed E-state index contributed by atoms with van der Waals surface area (Å²) >= 11 is 0. The van der Waals surface area contributed by atoms with E-state index < -0.39 is 5.54 Å². The molecule has 22 heavy (non-hydrogen) atoms. The van der Waals surface area contributed by atoms with Crippen LogP contribution in [0.15, 0.2) is 31.0 Å². The Labute approximate surface area is 129 Å². The summed E-state index contributed by atoms with van der Waals surface area (Å²) in [4.78, 5) is 27.8. The molecular formula is C15H20N6O. The molecule has 0 aliphatic carbocycles. The van der Waals surface area contributed by atoms with Gasteiger partial charge in [-0.1, -0.05) is 0 Å². The summed E-state index contributed by atoms with van der Waals surface area (Å²) in [5.41, 5.74) is -0.0735. The van der Waals surface area contributed by atoms with Crippen molar-refractivity contribution in [2.75, 3.05) is 13.6 Å². The fourth-order valence-electron chi connectivity index (χ4n) is 3.19. The number of aryl methyl sites for hydroxylation is 1. The van der Waals surface area contributed by atoms with Gasteiger partial charge >= 0.3 is 0 Å². The number of carbonyl (C=O) groups is 1. The lowest BCUT2D eigenvalue weighted by atomic mass is 9.90. The number of likely N-dealkylation sites (tertiary alicyclic amines) is 1. The number of imidazole rings is 1. The molecule has 2 aromatic rings. The van der Waals surface area contributed by atoms with E-state index in [2.05, 4.69) is 25.2 Å². The fourth-order valence-corrected chi connectivity index (χ4v) is 3.19. The van der Waals surface area contributed by atoms with Gasteiger partial charge in [-0.2, -0.15) is 0 Å². The Morgan fingerprint density at radius 2 is 2.23 bits per heavy atom. The first-order valence-electron chi connectivity index (χ1n) is 7.38. The molecule has 2 aromatic heterocycles. The zero-order chi connectivity index (χ0) is 15.6. The van der Waals surface area contributed by atoms with Gasteiger partial charge in [-0.05, 0) is 12.8 Å². The molecule has 1 aliphatic rings. The topological polar surface area (TPSA) is 75.9 Å². The maximum atomic E-state index is 12.7. The fraction of sp³-hybridized carbons (Fsp3) is 0.467. The largest absolute Gasteiger partial charge is 0.357 e. The van der Waals surface area contributed by atoms with E-state index in [9.17, 15) is 4.79 Å². The molecule has 0 radical (unpaired) electrons. The van der Waals surface area contributed by atoms with Crippen LogP contribution < -0.4 is 5.32 Å². The van der Waals surface area contributed by atoms with E-state index >= 15 is 0 Å². The molecule has 3 rings (SSSR count). The minimum atomic E-state index is -0.769. The molecule has 116 valence electrons. The normalized spacial score (nSPS) is 21.9. The molecule has 3 heterocycles. The van der Waals surface area contributed by atoms with Crippen molar-refractivity contribution in [2.45, 2.75) is 24.9 Å². The van der Waals surface area contributed by atoms with Gasteiger partial charge in [-0.3, -0.25) is 19.7 Å². The van der Waals surface area contributed by atoms with Gasteiger partial charge in [0.05, 0.1) is 18.4 Å². The van der Waals surface area contributed by atoms with Crippen molar-refractivity contribution in [1.29, 1.82) is 0 Å². The van der Waals surface area contributed by atoms with Crippen molar-refractivity contribution >= 4 is 5.91 Å². The van der Waals surface area contributed by atoms with Crippen LogP contribution in [0.5, 0.6) is 0 Å². The van der Waals surface area contributed by atoms with Crippen molar-refractivity contribution < 1.29 is 4.79 Å². The molecule has 1 N–H and O–H groups in total. The monoisotopic (exact) mass is 300 g/mol. The van der Waals surface area contributed by atoms with Crippen LogP contribution in [0.4, 0.5) is 0 Å². The second kappa shape index (κ2) is 5.84. The zero-order valence-corrected chi connectivity index (χ0v) is 12.9. The van der Waals surface area contributed by atoms with Crippen molar-refractivity contribution in [3.05, 3.63) is 42.5 Å². The van der Waals surface area contributed by atoms with Crippen LogP contribution >= 0.6 is 0 Å². The summed E-state index contributed by atoms with van der Waals surface area (Å²) < 4.78 is 1.98. The predicted molar refractivity (Wildman–Crippen MR) is 80.6 cm³/mol. The third-order valence-corrected chi connectivity index (χ3v) is 4.35. The van der Waals surface area contributed by atoms with Crippen LogP contribution in [0.1, 0.15) is 24.4 Å². The molecule has 1 atom stereocenters. The van der Waals surface area contributed by atoms with Crippen LogP contribution in [0.2, 0.25) is 0 Å². The third-order valence-electron chi connectivity index (χ3n) is 4.35. The summed E-state index contributed by atoms with van der Waals surface area (Å²) in [6.07, 6.45) is 10.3. The molecule has 0 saturated carbocycles. The Hall–Kier alpha value is -2.28. The van der Waals surface area contributed by atoms with E-state index in [1.54, 1.807) is 31.8 Å². The standard InChI is InChI=1S/C15H20N6O/c1-16-14(22)15(12-10-17-5-6-18-12)4-3-8-21(15)11-13-19-7-9-20(13)2/h5-7,9-10H,3-4,8,11H2,1-2H3,(H,16,22)/t15-/m0/s1. The number of nitrogens with zero attached hydrogens (tertiary/aromatic N) is 5. The zero-order valence-electron chi connectivity index (χ0n) is 12.9. The van der Waals surface area contributed by atoms with Crippen LogP contribution in [0.3, 0.4) is 0 Å². The Bertz CT molecular complexity index is 655. The Morgan fingerprint density at radius 3 is 2.86 bits per heavy atom. The lowest BCUT2D eigenvalue weighted by Gasteiger charge is -2.35. The summed E-state index contributed by atoms with van der Waals surface area (Å²) in [5.74, 6) is 0.888. The number of nitrogens with one attached hydrogen (secondary N) is 1. The van der Waals surface area contributed by atoms with E-state index in [0.29, 0.717) is 12.2 Å². The maximum absolute atomic E-state index is 12.7. The number of amides is 1. The van der Waals surface area contributed by atoms with Crippen molar-refractivity contribution in [3.63, 3.8) is 0 Å². The predicted octanol–water partition coefficient (Wildman–Crippen LogP) is 0.447. The molecule has 7 heteroatoms. The summed E-state index contributed by atoms with van der Waals surface area (Å²) in [7, 11) is 3.63. The molecule has 0 unspecified atom stereocenters. The van der Waals surface area contributed by atoms with Gasteiger partial charge in [0.2, 0.25) is 5.91 Å². The van der Waals surface area contributed by atoms with Gasteiger partial charge in [0, 0.05) is 45.4 Å². The first kappa shape index (κ1) is 14.6. The van der Waals surface area contributed by atoms with E-state index in [-0.39, 0.29) is 5.91 Å². The lowest BCUT2D eigenvalue weighted by Crippen LogP contribution is -2.52. The Balaban J connectivity index is 2.01. The van der Waals surface area contributed by atoms with Crippen LogP contribution in [-0.4, -0.2) is 43.9 Å². The number of likely N-dealkylation sites (N-methyl/N-ethyl adjacent to an activating group) is 1. The lowest BCUT2D eigenvalue weighted by molar-refractivity contribution is -0.132. The van der Waals surface area contributed by atoms with Crippen molar-refractivity contribution in [3.8, 4) is 0 Å². The molecule has 1 saturated heterocycles. The van der Waals surface area contributed by atoms with Crippen molar-refractivity contribution in [1.82, 2.24) is 29.7 Å². The highest BCUT2D eigenvalue weighted by molar-refractivity contribution is 5.87. The number of rotatable bonds is 4. The molecular weight excluding hydrogens is 280 g/mol. The summed E-state index contributed by atoms with van der Waals surface area (Å²) in [6.45, 7) is 1.43. The van der Waals surface area contributed by atoms with Gasteiger partial charge in [0.25, 0.3) is 0 Å². The van der Waals surface area contributed by atoms with Crippen molar-refractivity contribution in [2.24, 2.45) is 7.05 Å². The second-order valence-electron chi connectivity index (χ2n) is 5.51. The van der Waals surface area contributed by atoms with Gasteiger partial charge in [-0.15, -0.1) is 0 Å². The van der Waals surface area contributed by atoms with E-state index in [4.69, 9.17) is 0 Å². The number of aromatic nitrogens is 4. The van der Waals surface area contributed by atoms with Gasteiger partial charge < -0.3 is 9.88 Å². The van der Waals surface area contributed by atoms with Crippen LogP contribution in [0.25, 0.3) is 0 Å². The van der Waals surface area contributed by atoms with E-state index in [1.165, 1.54) is 0 Å². The number of hydrogen-bond acceptors (Lipinski definition) is 5. The van der Waals surface area contributed by atoms with E-state index in [0.717, 1.165) is 25.2 Å². The Kier molecular flexibility index (Phi) is 3.89. The van der Waals surface area contributed by atoms with Gasteiger partial charge in [0.15, 0.2) is 0 Å². The second-order valence-corrected chi connectivity index (χ2v) is 5.51. The number of hydrogen-bond donors (Lipinski definition) is 1. The minimum Gasteiger partial charge on any atom is -0.357 e. The van der Waals surface area contributed by atoms with Gasteiger partial charge in [-0.25, -0.2) is 4.98 Å². The molecule has 1 fully saturated rings. The molecule has 1 aliphatic heterocycles. The first-order valence-corrected chi connectivity index (χ1v) is 7.38. The maximum Gasteiger partial charge on any atom is 0.246 e. The molecule has 0 bridgehead atoms. The average Bonchev–Trinajstić information content (AvgIpc) is 3.15. The quantitative estimate of drug-likeness (QED) is 0.887. The highest BCUT2D eigenvalue weighted by Crippen LogP contribution is 2.38.